The van der Waals surface area contributed by atoms with Crippen molar-refractivity contribution in [1.29, 1.82) is 0 Å². The molecule has 0 saturated carbocycles. The molecule has 1 rings (SSSR count). The lowest BCUT2D eigenvalue weighted by Crippen LogP contribution is -1.95. The molecule has 5 nitrogen and oxygen atoms in total. The zero-order valence-electron chi connectivity index (χ0n) is 6.81. The van der Waals surface area contributed by atoms with E-state index in [2.05, 4.69) is 4.98 Å². The highest BCUT2D eigenvalue weighted by molar-refractivity contribution is 5.43. The Morgan fingerprint density at radius 1 is 1.33 bits per heavy atom. The molecule has 1 heterocycles. The molecule has 1 aromatic heterocycles. The summed E-state index contributed by atoms with van der Waals surface area (Å²) in [4.78, 5) is 13.9. The summed E-state index contributed by atoms with van der Waals surface area (Å²) in [6, 6.07) is 0. The van der Waals surface area contributed by atoms with Gasteiger partial charge in [-0.05, 0) is 13.8 Å². The van der Waals surface area contributed by atoms with Gasteiger partial charge in [-0.1, -0.05) is 0 Å². The lowest BCUT2D eigenvalue weighted by atomic mass is 10.2. The molecule has 3 radical (unpaired) electrons. The largest absolute Gasteiger partial charge is 0.278 e. The van der Waals surface area contributed by atoms with Crippen molar-refractivity contribution >= 4 is 5.69 Å². The van der Waals surface area contributed by atoms with E-state index in [4.69, 9.17) is 0 Å². The van der Waals surface area contributed by atoms with Crippen molar-refractivity contribution in [3.63, 3.8) is 0 Å². The molecule has 0 bridgehead atoms. The first kappa shape index (κ1) is 10.5. The van der Waals surface area contributed by atoms with Crippen LogP contribution in [0.15, 0.2) is 12.4 Å². The molecular formula is C7H8N3O2. The van der Waals surface area contributed by atoms with Crippen LogP contribution < -0.4 is 6.15 Å². The van der Waals surface area contributed by atoms with Crippen LogP contribution in [0.25, 0.3) is 0 Å². The second-order valence-electron chi connectivity index (χ2n) is 2.38. The van der Waals surface area contributed by atoms with Gasteiger partial charge >= 0.3 is 0 Å². The lowest BCUT2D eigenvalue weighted by molar-refractivity contribution is -0.386. The van der Waals surface area contributed by atoms with E-state index >= 15 is 0 Å². The van der Waals surface area contributed by atoms with Crippen LogP contribution in [0, 0.1) is 24.0 Å². The number of nitro groups is 1. The van der Waals surface area contributed by atoms with Crippen LogP contribution in [0.2, 0.25) is 0 Å². The van der Waals surface area contributed by atoms with Gasteiger partial charge in [0.25, 0.3) is 5.69 Å². The summed E-state index contributed by atoms with van der Waals surface area (Å²) < 4.78 is 0. The third-order valence-electron chi connectivity index (χ3n) is 1.47. The second-order valence-corrected chi connectivity index (χ2v) is 2.38. The van der Waals surface area contributed by atoms with Gasteiger partial charge in [-0.3, -0.25) is 15.1 Å². The summed E-state index contributed by atoms with van der Waals surface area (Å²) in [6.07, 6.45) is 2.98. The molecule has 0 atom stereocenters. The fourth-order valence-electron chi connectivity index (χ4n) is 0.982. The number of aromatic nitrogens is 1. The molecule has 0 fully saturated rings. The Labute approximate surface area is 70.2 Å². The van der Waals surface area contributed by atoms with Gasteiger partial charge in [0.05, 0.1) is 4.92 Å². The van der Waals surface area contributed by atoms with Crippen molar-refractivity contribution < 1.29 is 4.92 Å². The smallest absolute Gasteiger partial charge is 0.264 e. The predicted molar refractivity (Wildman–Crippen MR) is 42.5 cm³/mol. The minimum atomic E-state index is -0.383. The molecule has 63 valence electrons. The van der Waals surface area contributed by atoms with Crippen LogP contribution in [0.4, 0.5) is 5.69 Å². The standard InChI is InChI=1S/C7H8N2O2.N/c1-5-3-8-4-6(2)7(5)9(10)11;/h3-4H,1-2H3;. The highest BCUT2D eigenvalue weighted by atomic mass is 16.6. The first-order valence-corrected chi connectivity index (χ1v) is 3.18. The van der Waals surface area contributed by atoms with Gasteiger partial charge in [-0.2, -0.15) is 0 Å². The quantitative estimate of drug-likeness (QED) is 0.462. The molecule has 5 heteroatoms. The summed E-state index contributed by atoms with van der Waals surface area (Å²) in [5, 5.41) is 10.4. The zero-order valence-corrected chi connectivity index (χ0v) is 6.81. The summed E-state index contributed by atoms with van der Waals surface area (Å²) in [5.74, 6) is 0. The third kappa shape index (κ3) is 1.76. The maximum Gasteiger partial charge on any atom is 0.278 e. The van der Waals surface area contributed by atoms with Crippen molar-refractivity contribution in [2.24, 2.45) is 0 Å². The normalized spacial score (nSPS) is 8.83. The SMILES string of the molecule is Cc1cncc(C)c1[N+](=O)[O-].[N]. The molecule has 0 unspecified atom stereocenters. The Balaban J connectivity index is 0.00000121. The summed E-state index contributed by atoms with van der Waals surface area (Å²) in [6.45, 7) is 3.36. The highest BCUT2D eigenvalue weighted by Crippen LogP contribution is 2.19. The first-order chi connectivity index (χ1) is 5.13. The molecule has 0 amide bonds. The maximum atomic E-state index is 10.4. The molecule has 0 spiro atoms. The van der Waals surface area contributed by atoms with E-state index in [-0.39, 0.29) is 16.8 Å². The van der Waals surface area contributed by atoms with Gasteiger partial charge < -0.3 is 0 Å². The van der Waals surface area contributed by atoms with Crippen LogP contribution >= 0.6 is 0 Å². The van der Waals surface area contributed by atoms with Gasteiger partial charge in [0.15, 0.2) is 0 Å². The van der Waals surface area contributed by atoms with E-state index in [1.54, 1.807) is 13.8 Å². The zero-order chi connectivity index (χ0) is 8.43. The highest BCUT2D eigenvalue weighted by Gasteiger charge is 2.12. The molecule has 1 aromatic rings. The molecule has 0 aliphatic rings. The lowest BCUT2D eigenvalue weighted by Gasteiger charge is -1.97. The van der Waals surface area contributed by atoms with E-state index in [1.807, 2.05) is 0 Å². The number of aryl methyl sites for hydroxylation is 2. The van der Waals surface area contributed by atoms with E-state index < -0.39 is 0 Å². The molecule has 0 aromatic carbocycles. The second kappa shape index (κ2) is 3.77. The van der Waals surface area contributed by atoms with Crippen LogP contribution in [-0.4, -0.2) is 9.91 Å². The van der Waals surface area contributed by atoms with Gasteiger partial charge in [0.2, 0.25) is 0 Å². The van der Waals surface area contributed by atoms with Crippen LogP contribution in [-0.2, 0) is 0 Å². The molecule has 0 saturated heterocycles. The fourth-order valence-corrected chi connectivity index (χ4v) is 0.982. The molecule has 0 aliphatic carbocycles. The Morgan fingerprint density at radius 2 is 1.75 bits per heavy atom. The summed E-state index contributed by atoms with van der Waals surface area (Å²) in [5.41, 5.74) is 1.38. The number of hydrogen-bond donors (Lipinski definition) is 0. The molecular weight excluding hydrogens is 158 g/mol. The van der Waals surface area contributed by atoms with E-state index in [9.17, 15) is 10.1 Å². The number of rotatable bonds is 1. The molecule has 0 aliphatic heterocycles. The van der Waals surface area contributed by atoms with Gasteiger partial charge in [0, 0.05) is 29.7 Å². The minimum Gasteiger partial charge on any atom is -0.264 e. The number of nitrogens with zero attached hydrogens (tertiary/aromatic N) is 3. The molecule has 12 heavy (non-hydrogen) atoms. The Bertz CT molecular complexity index is 278. The van der Waals surface area contributed by atoms with Crippen LogP contribution in [0.3, 0.4) is 0 Å². The average Bonchev–Trinajstić information content (AvgIpc) is 1.85. The van der Waals surface area contributed by atoms with Crippen molar-refractivity contribution in [2.75, 3.05) is 0 Å². The maximum absolute atomic E-state index is 10.4. The monoisotopic (exact) mass is 166 g/mol. The van der Waals surface area contributed by atoms with Crippen molar-refractivity contribution in [1.82, 2.24) is 11.1 Å². The molecule has 0 N–H and O–H groups in total. The Morgan fingerprint density at radius 3 is 2.00 bits per heavy atom. The first-order valence-electron chi connectivity index (χ1n) is 3.18. The summed E-state index contributed by atoms with van der Waals surface area (Å²) in [7, 11) is 0. The van der Waals surface area contributed by atoms with Gasteiger partial charge in [-0.25, -0.2) is 0 Å². The van der Waals surface area contributed by atoms with E-state index in [1.165, 1.54) is 12.4 Å². The summed E-state index contributed by atoms with van der Waals surface area (Å²) >= 11 is 0. The Kier molecular flexibility index (Phi) is 3.30. The van der Waals surface area contributed by atoms with E-state index in [0.717, 1.165) is 0 Å². The van der Waals surface area contributed by atoms with Crippen LogP contribution in [0.5, 0.6) is 0 Å². The Hall–Kier alpha value is -1.49. The number of hydrogen-bond acceptors (Lipinski definition) is 3. The van der Waals surface area contributed by atoms with Gasteiger partial charge in [-0.15, -0.1) is 0 Å². The fraction of sp³-hybridized carbons (Fsp3) is 0.286. The van der Waals surface area contributed by atoms with Gasteiger partial charge in [0.1, 0.15) is 0 Å². The van der Waals surface area contributed by atoms with Crippen molar-refractivity contribution in [3.8, 4) is 0 Å². The third-order valence-corrected chi connectivity index (χ3v) is 1.47. The van der Waals surface area contributed by atoms with Crippen LogP contribution in [0.1, 0.15) is 11.1 Å². The topological polar surface area (TPSA) is 86.5 Å². The van der Waals surface area contributed by atoms with Crippen molar-refractivity contribution in [2.45, 2.75) is 13.8 Å². The van der Waals surface area contributed by atoms with Crippen molar-refractivity contribution in [3.05, 3.63) is 33.6 Å². The average molecular weight is 166 g/mol. The van der Waals surface area contributed by atoms with E-state index in [0.29, 0.717) is 11.1 Å². The number of pyridine rings is 1. The minimum absolute atomic E-state index is 0. The predicted octanol–water partition coefficient (Wildman–Crippen LogP) is 1.13.